The van der Waals surface area contributed by atoms with Crippen LogP contribution in [0.2, 0.25) is 0 Å². The number of hydrazine groups is 1. The van der Waals surface area contributed by atoms with Gasteiger partial charge in [-0.15, -0.1) is 0 Å². The van der Waals surface area contributed by atoms with Crippen LogP contribution in [0.5, 0.6) is 0 Å². The van der Waals surface area contributed by atoms with Crippen molar-refractivity contribution in [2.75, 3.05) is 33.0 Å². The summed E-state index contributed by atoms with van der Waals surface area (Å²) in [6.07, 6.45) is 3.49. The topological polar surface area (TPSA) is 148 Å². The van der Waals surface area contributed by atoms with Crippen LogP contribution in [0.25, 0.3) is 17.0 Å². The summed E-state index contributed by atoms with van der Waals surface area (Å²) in [6, 6.07) is 7.63. The van der Waals surface area contributed by atoms with E-state index >= 15 is 0 Å². The van der Waals surface area contributed by atoms with Gasteiger partial charge in [-0.3, -0.25) is 29.2 Å². The summed E-state index contributed by atoms with van der Waals surface area (Å²) in [4.78, 5) is 58.6. The van der Waals surface area contributed by atoms with Crippen LogP contribution >= 0.6 is 0 Å². The molecular weight excluding hydrogens is 566 g/mol. The van der Waals surface area contributed by atoms with Crippen LogP contribution in [-0.4, -0.2) is 84.8 Å². The highest BCUT2D eigenvalue weighted by molar-refractivity contribution is 5.92. The minimum atomic E-state index is -1.31. The van der Waals surface area contributed by atoms with Gasteiger partial charge in [-0.25, -0.2) is 5.43 Å². The first kappa shape index (κ1) is 31.6. The lowest BCUT2D eigenvalue weighted by Gasteiger charge is -2.35. The minimum absolute atomic E-state index is 0.0125. The van der Waals surface area contributed by atoms with Gasteiger partial charge in [0.25, 0.3) is 11.8 Å². The number of ether oxygens (including phenoxy) is 3. The Morgan fingerprint density at radius 3 is 2.39 bits per heavy atom. The summed E-state index contributed by atoms with van der Waals surface area (Å²) in [5.74, 6) is -2.29. The number of esters is 1. The number of pyridine rings is 1. The number of aromatic nitrogens is 1. The van der Waals surface area contributed by atoms with Crippen molar-refractivity contribution in [3.63, 3.8) is 0 Å². The standard InChI is InChI=1S/C32H41N5O7/c1-19(2)27-29(39)34-21(4)30(40)37-13-5-6-25(36-37)28(38)33-20(3)24-10-9-23-8-7-22(16-26(23)35-24)11-12-32(31(41)44-27)17-42-14-15-43-18-32/h7-12,16,19-21,25,27,36H,5-6,13-15,17-18H2,1-4H3,(H,33,38)(H,34,39)/b12-11+/t20-,21+,25+,27?/m1/s1. The molecule has 2 fully saturated rings. The number of fused-ring (bicyclic) bond motifs is 4. The fraction of sp³-hybridized carbons (Fsp3) is 0.531. The Hall–Kier alpha value is -3.87. The van der Waals surface area contributed by atoms with Crippen molar-refractivity contribution in [1.29, 1.82) is 0 Å². The number of cyclic esters (lactones) is 1. The van der Waals surface area contributed by atoms with Gasteiger partial charge in [0.1, 0.15) is 17.5 Å². The Morgan fingerprint density at radius 2 is 1.66 bits per heavy atom. The summed E-state index contributed by atoms with van der Waals surface area (Å²) < 4.78 is 17.4. The van der Waals surface area contributed by atoms with Gasteiger partial charge in [0.05, 0.1) is 43.7 Å². The Labute approximate surface area is 256 Å². The Bertz CT molecular complexity index is 1440. The number of nitrogens with zero attached hydrogens (tertiary/aromatic N) is 2. The van der Waals surface area contributed by atoms with E-state index in [-0.39, 0.29) is 25.0 Å². The molecule has 3 N–H and O–H groups in total. The molecule has 2 aromatic rings. The lowest BCUT2D eigenvalue weighted by atomic mass is 9.88. The van der Waals surface area contributed by atoms with Crippen molar-refractivity contribution in [2.45, 2.75) is 64.8 Å². The third-order valence-electron chi connectivity index (χ3n) is 8.23. The zero-order valence-corrected chi connectivity index (χ0v) is 25.6. The van der Waals surface area contributed by atoms with Gasteiger partial charge in [-0.2, -0.15) is 0 Å². The molecule has 4 heterocycles. The van der Waals surface area contributed by atoms with E-state index in [4.69, 9.17) is 19.2 Å². The number of nitrogens with one attached hydrogen (secondary N) is 3. The average Bonchev–Trinajstić information content (AvgIpc) is 3.27. The fourth-order valence-electron chi connectivity index (χ4n) is 5.54. The second kappa shape index (κ2) is 13.4. The SMILES string of the molecule is CC(C)C1OC(=O)C2(/C=C/c3ccc4ccc(nc4c3)[C@@H](C)NC(=O)[C@@H]3CCCN(N3)C(=O)[C@H](C)NC1=O)COCCOC2. The molecule has 5 rings (SSSR count). The van der Waals surface area contributed by atoms with Gasteiger partial charge in [-0.1, -0.05) is 44.2 Å². The smallest absolute Gasteiger partial charge is 0.321 e. The maximum atomic E-state index is 13.8. The van der Waals surface area contributed by atoms with Crippen LogP contribution in [0, 0.1) is 11.3 Å². The quantitative estimate of drug-likeness (QED) is 0.414. The number of benzene rings is 1. The average molecular weight is 608 g/mol. The van der Waals surface area contributed by atoms with Gasteiger partial charge in [-0.05, 0) is 50.3 Å². The van der Waals surface area contributed by atoms with E-state index in [0.29, 0.717) is 38.3 Å². The first-order chi connectivity index (χ1) is 21.1. The second-order valence-corrected chi connectivity index (χ2v) is 12.1. The molecule has 1 aromatic heterocycles. The Kier molecular flexibility index (Phi) is 9.62. The molecule has 0 radical (unpaired) electrons. The van der Waals surface area contributed by atoms with Crippen molar-refractivity contribution >= 4 is 40.7 Å². The fourth-order valence-corrected chi connectivity index (χ4v) is 5.54. The molecule has 4 atom stereocenters. The number of amides is 3. The molecule has 1 unspecified atom stereocenters. The predicted molar refractivity (Wildman–Crippen MR) is 162 cm³/mol. The summed E-state index contributed by atoms with van der Waals surface area (Å²) in [5, 5.41) is 8.02. The zero-order valence-electron chi connectivity index (χ0n) is 25.6. The molecule has 236 valence electrons. The van der Waals surface area contributed by atoms with Crippen LogP contribution in [0.3, 0.4) is 0 Å². The van der Waals surface area contributed by atoms with E-state index in [9.17, 15) is 19.2 Å². The van der Waals surface area contributed by atoms with E-state index < -0.39 is 47.4 Å². The third kappa shape index (κ3) is 6.92. The molecule has 5 bridgehead atoms. The predicted octanol–water partition coefficient (Wildman–Crippen LogP) is 2.04. The van der Waals surface area contributed by atoms with E-state index in [1.54, 1.807) is 32.9 Å². The van der Waals surface area contributed by atoms with Crippen LogP contribution in [-0.2, 0) is 33.4 Å². The molecule has 0 aliphatic carbocycles. The lowest BCUT2D eigenvalue weighted by Crippen LogP contribution is -2.61. The molecule has 2 saturated heterocycles. The molecule has 1 aromatic carbocycles. The summed E-state index contributed by atoms with van der Waals surface area (Å²) in [5.41, 5.74) is 3.92. The van der Waals surface area contributed by atoms with E-state index in [2.05, 4.69) is 16.1 Å². The molecule has 12 nitrogen and oxygen atoms in total. The number of hydrogen-bond acceptors (Lipinski definition) is 9. The third-order valence-corrected chi connectivity index (χ3v) is 8.23. The largest absolute Gasteiger partial charge is 0.451 e. The molecule has 12 heteroatoms. The summed E-state index contributed by atoms with van der Waals surface area (Å²) in [7, 11) is 0. The van der Waals surface area contributed by atoms with Crippen molar-refractivity contribution in [1.82, 2.24) is 26.1 Å². The van der Waals surface area contributed by atoms with E-state index in [0.717, 1.165) is 16.5 Å². The Morgan fingerprint density at radius 1 is 0.955 bits per heavy atom. The van der Waals surface area contributed by atoms with Gasteiger partial charge in [0.15, 0.2) is 6.10 Å². The highest BCUT2D eigenvalue weighted by atomic mass is 16.6. The number of carbonyl (C=O) groups excluding carboxylic acids is 4. The summed E-state index contributed by atoms with van der Waals surface area (Å²) in [6.45, 7) is 8.00. The highest BCUT2D eigenvalue weighted by Gasteiger charge is 2.43. The first-order valence-corrected chi connectivity index (χ1v) is 15.2. The molecular formula is C32H41N5O7. The van der Waals surface area contributed by atoms with Gasteiger partial charge in [0, 0.05) is 11.9 Å². The maximum absolute atomic E-state index is 13.8. The maximum Gasteiger partial charge on any atom is 0.321 e. The van der Waals surface area contributed by atoms with E-state index in [1.165, 1.54) is 5.01 Å². The van der Waals surface area contributed by atoms with Crippen LogP contribution in [0.15, 0.2) is 36.4 Å². The van der Waals surface area contributed by atoms with Crippen molar-refractivity contribution < 1.29 is 33.4 Å². The zero-order chi connectivity index (χ0) is 31.4. The molecule has 1 spiro atoms. The minimum Gasteiger partial charge on any atom is -0.451 e. The lowest BCUT2D eigenvalue weighted by molar-refractivity contribution is -0.170. The first-order valence-electron chi connectivity index (χ1n) is 15.2. The number of carbonyl (C=O) groups is 4. The van der Waals surface area contributed by atoms with Crippen molar-refractivity contribution in [3.05, 3.63) is 47.7 Å². The summed E-state index contributed by atoms with van der Waals surface area (Å²) >= 11 is 0. The normalized spacial score (nSPS) is 27.9. The van der Waals surface area contributed by atoms with E-state index in [1.807, 2.05) is 37.3 Å². The molecule has 3 aliphatic heterocycles. The van der Waals surface area contributed by atoms with Crippen LogP contribution in [0.1, 0.15) is 57.8 Å². The van der Waals surface area contributed by atoms with Gasteiger partial charge < -0.3 is 24.8 Å². The molecule has 3 aliphatic rings. The molecule has 0 saturated carbocycles. The second-order valence-electron chi connectivity index (χ2n) is 12.1. The molecule has 44 heavy (non-hydrogen) atoms. The van der Waals surface area contributed by atoms with Gasteiger partial charge >= 0.3 is 5.97 Å². The monoisotopic (exact) mass is 607 g/mol. The van der Waals surface area contributed by atoms with Gasteiger partial charge in [0.2, 0.25) is 5.91 Å². The van der Waals surface area contributed by atoms with Crippen molar-refractivity contribution in [3.8, 4) is 0 Å². The number of hydrogen-bond donors (Lipinski definition) is 3. The van der Waals surface area contributed by atoms with Crippen LogP contribution in [0.4, 0.5) is 0 Å². The van der Waals surface area contributed by atoms with Crippen LogP contribution < -0.4 is 16.1 Å². The highest BCUT2D eigenvalue weighted by Crippen LogP contribution is 2.29. The number of rotatable bonds is 1. The Balaban J connectivity index is 1.54. The molecule has 3 amide bonds. The van der Waals surface area contributed by atoms with Crippen molar-refractivity contribution in [2.24, 2.45) is 11.3 Å².